The van der Waals surface area contributed by atoms with Crippen LogP contribution in [0.5, 0.6) is 0 Å². The third-order valence-corrected chi connectivity index (χ3v) is 4.97. The second-order valence-electron chi connectivity index (χ2n) is 6.50. The number of hydrogen-bond donors (Lipinski definition) is 0. The van der Waals surface area contributed by atoms with Gasteiger partial charge in [0.25, 0.3) is 0 Å². The maximum absolute atomic E-state index is 2.66. The molecule has 2 saturated heterocycles. The van der Waals surface area contributed by atoms with Gasteiger partial charge in [-0.1, -0.05) is 0 Å². The summed E-state index contributed by atoms with van der Waals surface area (Å²) in [6.45, 7) is 9.67. The zero-order chi connectivity index (χ0) is 12.5. The van der Waals surface area contributed by atoms with Gasteiger partial charge in [0.15, 0.2) is 0 Å². The molecule has 0 amide bonds. The van der Waals surface area contributed by atoms with Crippen molar-refractivity contribution in [1.29, 1.82) is 0 Å². The van der Waals surface area contributed by atoms with E-state index in [1.165, 1.54) is 45.2 Å². The molecular formula is C15H29N2. The molecule has 0 N–H and O–H groups in total. The van der Waals surface area contributed by atoms with Crippen molar-refractivity contribution in [2.75, 3.05) is 20.1 Å². The summed E-state index contributed by atoms with van der Waals surface area (Å²) in [4.78, 5) is 5.22. The van der Waals surface area contributed by atoms with E-state index < -0.39 is 0 Å². The number of hydrogen-bond acceptors (Lipinski definition) is 2. The highest BCUT2D eigenvalue weighted by Gasteiger charge is 2.35. The van der Waals surface area contributed by atoms with Crippen molar-refractivity contribution in [3.8, 4) is 0 Å². The van der Waals surface area contributed by atoms with Crippen molar-refractivity contribution in [1.82, 2.24) is 9.80 Å². The van der Waals surface area contributed by atoms with Gasteiger partial charge in [-0.2, -0.15) is 0 Å². The average molecular weight is 237 g/mol. The van der Waals surface area contributed by atoms with Gasteiger partial charge in [0, 0.05) is 17.6 Å². The third-order valence-electron chi connectivity index (χ3n) is 4.97. The number of likely N-dealkylation sites (tertiary alicyclic amines) is 2. The summed E-state index contributed by atoms with van der Waals surface area (Å²) in [6, 6.07) is 1.44. The molecule has 0 aromatic carbocycles. The predicted octanol–water partition coefficient (Wildman–Crippen LogP) is 2.94. The Morgan fingerprint density at radius 3 is 2.65 bits per heavy atom. The van der Waals surface area contributed by atoms with Crippen molar-refractivity contribution in [2.24, 2.45) is 0 Å². The fourth-order valence-electron chi connectivity index (χ4n) is 3.51. The van der Waals surface area contributed by atoms with Crippen molar-refractivity contribution in [3.05, 3.63) is 6.42 Å². The molecule has 2 rings (SSSR count). The maximum atomic E-state index is 2.66. The predicted molar refractivity (Wildman–Crippen MR) is 74.1 cm³/mol. The van der Waals surface area contributed by atoms with Crippen molar-refractivity contribution >= 4 is 0 Å². The fourth-order valence-corrected chi connectivity index (χ4v) is 3.51. The van der Waals surface area contributed by atoms with E-state index in [1.807, 2.05) is 0 Å². The summed E-state index contributed by atoms with van der Waals surface area (Å²) in [5, 5.41) is 0. The first kappa shape index (κ1) is 13.4. The Labute approximate surface area is 107 Å². The zero-order valence-corrected chi connectivity index (χ0v) is 12.1. The molecule has 2 nitrogen and oxygen atoms in total. The zero-order valence-electron chi connectivity index (χ0n) is 12.1. The average Bonchev–Trinajstić information content (AvgIpc) is 2.85. The molecule has 0 saturated carbocycles. The minimum atomic E-state index is 0.436. The Balaban J connectivity index is 1.85. The summed E-state index contributed by atoms with van der Waals surface area (Å²) >= 11 is 0. The summed E-state index contributed by atoms with van der Waals surface area (Å²) in [5.41, 5.74) is 0.436. The van der Waals surface area contributed by atoms with Gasteiger partial charge in [0.05, 0.1) is 0 Å². The molecule has 2 aliphatic heterocycles. The number of nitrogens with zero attached hydrogens (tertiary/aromatic N) is 2. The Hall–Kier alpha value is -0.0800. The van der Waals surface area contributed by atoms with Gasteiger partial charge >= 0.3 is 0 Å². The first-order valence-electron chi connectivity index (χ1n) is 7.33. The van der Waals surface area contributed by atoms with Crippen molar-refractivity contribution in [3.63, 3.8) is 0 Å². The van der Waals surface area contributed by atoms with E-state index in [4.69, 9.17) is 0 Å². The third kappa shape index (κ3) is 2.85. The van der Waals surface area contributed by atoms with Crippen LogP contribution in [0.2, 0.25) is 0 Å². The molecule has 0 aliphatic carbocycles. The molecular weight excluding hydrogens is 208 g/mol. The maximum Gasteiger partial charge on any atom is 0.0182 e. The normalized spacial score (nSPS) is 36.2. The highest BCUT2D eigenvalue weighted by atomic mass is 15.2. The molecule has 2 heteroatoms. The smallest absolute Gasteiger partial charge is 0.0182 e. The van der Waals surface area contributed by atoms with Gasteiger partial charge < -0.3 is 4.90 Å². The summed E-state index contributed by atoms with van der Waals surface area (Å²) in [5.74, 6) is 0. The van der Waals surface area contributed by atoms with E-state index in [0.717, 1.165) is 6.04 Å². The highest BCUT2D eigenvalue weighted by Crippen LogP contribution is 2.34. The van der Waals surface area contributed by atoms with Crippen LogP contribution in [0, 0.1) is 6.42 Å². The summed E-state index contributed by atoms with van der Waals surface area (Å²) in [7, 11) is 2.29. The van der Waals surface area contributed by atoms with Crippen LogP contribution in [-0.4, -0.2) is 47.6 Å². The van der Waals surface area contributed by atoms with Crippen LogP contribution in [0.4, 0.5) is 0 Å². The Morgan fingerprint density at radius 2 is 2.06 bits per heavy atom. The van der Waals surface area contributed by atoms with Crippen molar-refractivity contribution < 1.29 is 0 Å². The molecule has 2 unspecified atom stereocenters. The van der Waals surface area contributed by atoms with E-state index >= 15 is 0 Å². The topological polar surface area (TPSA) is 6.48 Å². The molecule has 17 heavy (non-hydrogen) atoms. The molecule has 0 bridgehead atoms. The number of rotatable bonds is 4. The largest absolute Gasteiger partial charge is 0.301 e. The Kier molecular flexibility index (Phi) is 4.14. The van der Waals surface area contributed by atoms with Crippen LogP contribution in [0.25, 0.3) is 0 Å². The molecule has 0 aromatic rings. The summed E-state index contributed by atoms with van der Waals surface area (Å²) < 4.78 is 0. The Morgan fingerprint density at radius 1 is 1.29 bits per heavy atom. The molecule has 2 fully saturated rings. The lowest BCUT2D eigenvalue weighted by Crippen LogP contribution is -2.41. The van der Waals surface area contributed by atoms with Crippen LogP contribution in [0.15, 0.2) is 0 Å². The molecule has 2 heterocycles. The second-order valence-corrected chi connectivity index (χ2v) is 6.50. The Bertz CT molecular complexity index is 251. The van der Waals surface area contributed by atoms with Gasteiger partial charge in [0.2, 0.25) is 0 Å². The van der Waals surface area contributed by atoms with Gasteiger partial charge in [0.1, 0.15) is 0 Å². The second kappa shape index (κ2) is 5.27. The molecule has 2 aliphatic rings. The van der Waals surface area contributed by atoms with E-state index in [1.54, 1.807) is 0 Å². The van der Waals surface area contributed by atoms with Gasteiger partial charge in [-0.3, -0.25) is 4.90 Å². The molecule has 2 atom stereocenters. The van der Waals surface area contributed by atoms with Crippen LogP contribution in [-0.2, 0) is 0 Å². The SMILES string of the molecule is CC(C)N1CCCC1[CH]CC1(C)CCCN1C. The minimum Gasteiger partial charge on any atom is -0.301 e. The minimum absolute atomic E-state index is 0.436. The van der Waals surface area contributed by atoms with Crippen LogP contribution < -0.4 is 0 Å². The van der Waals surface area contributed by atoms with E-state index in [-0.39, 0.29) is 0 Å². The first-order valence-corrected chi connectivity index (χ1v) is 7.33. The van der Waals surface area contributed by atoms with Crippen molar-refractivity contribution in [2.45, 2.75) is 70.5 Å². The van der Waals surface area contributed by atoms with E-state index in [0.29, 0.717) is 11.6 Å². The lowest BCUT2D eigenvalue weighted by Gasteiger charge is -2.35. The van der Waals surface area contributed by atoms with E-state index in [9.17, 15) is 0 Å². The highest BCUT2D eigenvalue weighted by molar-refractivity contribution is 5.00. The summed E-state index contributed by atoms with van der Waals surface area (Å²) in [6.07, 6.45) is 9.36. The van der Waals surface area contributed by atoms with Gasteiger partial charge in [-0.25, -0.2) is 0 Å². The van der Waals surface area contributed by atoms with Crippen LogP contribution in [0.1, 0.15) is 52.9 Å². The van der Waals surface area contributed by atoms with Gasteiger partial charge in [-0.15, -0.1) is 0 Å². The lowest BCUT2D eigenvalue weighted by atomic mass is 9.90. The fraction of sp³-hybridized carbons (Fsp3) is 0.933. The molecule has 0 spiro atoms. The van der Waals surface area contributed by atoms with Gasteiger partial charge in [-0.05, 0) is 79.4 Å². The molecule has 0 aromatic heterocycles. The molecule has 99 valence electrons. The molecule has 1 radical (unpaired) electrons. The monoisotopic (exact) mass is 237 g/mol. The first-order chi connectivity index (χ1) is 8.03. The van der Waals surface area contributed by atoms with E-state index in [2.05, 4.69) is 44.0 Å². The lowest BCUT2D eigenvalue weighted by molar-refractivity contribution is 0.171. The van der Waals surface area contributed by atoms with Crippen LogP contribution in [0.3, 0.4) is 0 Å². The van der Waals surface area contributed by atoms with Crippen LogP contribution >= 0.6 is 0 Å². The standard InChI is InChI=1S/C15H29N2/c1-13(2)17-12-5-7-14(17)8-10-15(3)9-6-11-16(15)4/h8,13-14H,5-7,9-12H2,1-4H3. The quantitative estimate of drug-likeness (QED) is 0.742.